The maximum Gasteiger partial charge on any atom is 0.272 e. The number of carbonyl (C=O) groups excluding carboxylic acids is 2. The molecule has 2 N–H and O–H groups in total. The minimum Gasteiger partial charge on any atom is -0.378 e. The molecule has 8 nitrogen and oxygen atoms in total. The van der Waals surface area contributed by atoms with Crippen molar-refractivity contribution in [1.29, 1.82) is 0 Å². The van der Waals surface area contributed by atoms with Crippen molar-refractivity contribution < 1.29 is 19.1 Å². The van der Waals surface area contributed by atoms with Crippen LogP contribution in [0.25, 0.3) is 0 Å². The number of aromatic amines is 1. The van der Waals surface area contributed by atoms with Crippen molar-refractivity contribution in [2.24, 2.45) is 5.92 Å². The number of amides is 2. The van der Waals surface area contributed by atoms with Crippen LogP contribution in [0.2, 0.25) is 0 Å². The third kappa shape index (κ3) is 3.61. The van der Waals surface area contributed by atoms with Gasteiger partial charge in [-0.15, -0.1) is 0 Å². The van der Waals surface area contributed by atoms with E-state index in [1.54, 1.807) is 13.3 Å². The SMILES string of the molecule is COC1(C(=O)NC(C)C2CCN(C(=O)c3[nH]ncc3C)CC2)CCOC1. The van der Waals surface area contributed by atoms with Gasteiger partial charge in [-0.05, 0) is 38.2 Å². The molecular formula is C18H28N4O4. The standard InChI is InChI=1S/C18H28N4O4/c1-12-10-19-21-15(12)16(23)22-7-4-14(5-8-22)13(2)20-17(24)18(25-3)6-9-26-11-18/h10,13-14H,4-9,11H2,1-3H3,(H,19,21)(H,20,24). The summed E-state index contributed by atoms with van der Waals surface area (Å²) < 4.78 is 10.8. The Morgan fingerprint density at radius 2 is 2.19 bits per heavy atom. The molecule has 0 saturated carbocycles. The summed E-state index contributed by atoms with van der Waals surface area (Å²) in [5, 5.41) is 9.80. The Bertz CT molecular complexity index is 645. The molecule has 0 bridgehead atoms. The van der Waals surface area contributed by atoms with Gasteiger partial charge in [0, 0.05) is 32.7 Å². The van der Waals surface area contributed by atoms with Crippen molar-refractivity contribution in [3.63, 3.8) is 0 Å². The lowest BCUT2D eigenvalue weighted by atomic mass is 9.89. The number of ether oxygens (including phenoxy) is 2. The van der Waals surface area contributed by atoms with E-state index in [0.717, 1.165) is 18.4 Å². The lowest BCUT2D eigenvalue weighted by Crippen LogP contribution is -2.54. The third-order valence-corrected chi connectivity index (χ3v) is 5.73. The van der Waals surface area contributed by atoms with Gasteiger partial charge in [0.1, 0.15) is 5.69 Å². The molecule has 1 aromatic heterocycles. The number of aromatic nitrogens is 2. The summed E-state index contributed by atoms with van der Waals surface area (Å²) in [5.74, 6) is 0.232. The van der Waals surface area contributed by atoms with E-state index in [1.807, 2.05) is 18.7 Å². The Labute approximate surface area is 153 Å². The zero-order valence-corrected chi connectivity index (χ0v) is 15.7. The molecule has 2 unspecified atom stereocenters. The second-order valence-electron chi connectivity index (χ2n) is 7.32. The summed E-state index contributed by atoms with van der Waals surface area (Å²) in [6.45, 7) is 6.11. The minimum absolute atomic E-state index is 0.00317. The van der Waals surface area contributed by atoms with Gasteiger partial charge in [0.25, 0.3) is 11.8 Å². The number of nitrogens with one attached hydrogen (secondary N) is 2. The van der Waals surface area contributed by atoms with E-state index in [4.69, 9.17) is 9.47 Å². The largest absolute Gasteiger partial charge is 0.378 e. The van der Waals surface area contributed by atoms with Crippen LogP contribution in [-0.2, 0) is 14.3 Å². The first kappa shape index (κ1) is 18.8. The highest BCUT2D eigenvalue weighted by Gasteiger charge is 2.43. The molecule has 2 saturated heterocycles. The van der Waals surface area contributed by atoms with Crippen LogP contribution in [0.5, 0.6) is 0 Å². The summed E-state index contributed by atoms with van der Waals surface area (Å²) in [4.78, 5) is 27.0. The Kier molecular flexibility index (Phi) is 5.62. The topological polar surface area (TPSA) is 96.6 Å². The second-order valence-corrected chi connectivity index (χ2v) is 7.32. The number of methoxy groups -OCH3 is 1. The Hall–Kier alpha value is -1.93. The van der Waals surface area contributed by atoms with E-state index in [9.17, 15) is 9.59 Å². The van der Waals surface area contributed by atoms with Crippen LogP contribution in [0, 0.1) is 12.8 Å². The van der Waals surface area contributed by atoms with Crippen molar-refractivity contribution >= 4 is 11.8 Å². The van der Waals surface area contributed by atoms with Crippen LogP contribution in [0.3, 0.4) is 0 Å². The number of carbonyl (C=O) groups is 2. The zero-order chi connectivity index (χ0) is 18.7. The molecule has 2 atom stereocenters. The van der Waals surface area contributed by atoms with Crippen LogP contribution in [0.4, 0.5) is 0 Å². The van der Waals surface area contributed by atoms with Gasteiger partial charge in [-0.1, -0.05) is 0 Å². The summed E-state index contributed by atoms with van der Waals surface area (Å²) >= 11 is 0. The lowest BCUT2D eigenvalue weighted by molar-refractivity contribution is -0.144. The molecular weight excluding hydrogens is 336 g/mol. The summed E-state index contributed by atoms with van der Waals surface area (Å²) in [5.41, 5.74) is 0.567. The fourth-order valence-electron chi connectivity index (χ4n) is 3.76. The number of piperidine rings is 1. The number of nitrogens with zero attached hydrogens (tertiary/aromatic N) is 2. The quantitative estimate of drug-likeness (QED) is 0.808. The van der Waals surface area contributed by atoms with Gasteiger partial charge in [0.15, 0.2) is 5.60 Å². The maximum atomic E-state index is 12.6. The van der Waals surface area contributed by atoms with Gasteiger partial charge < -0.3 is 19.7 Å². The van der Waals surface area contributed by atoms with Crippen molar-refractivity contribution in [2.45, 2.75) is 44.8 Å². The van der Waals surface area contributed by atoms with Crippen molar-refractivity contribution in [1.82, 2.24) is 20.4 Å². The molecule has 3 rings (SSSR count). The predicted octanol–water partition coefficient (Wildman–Crippen LogP) is 0.881. The number of H-pyrrole nitrogens is 1. The lowest BCUT2D eigenvalue weighted by Gasteiger charge is -2.36. The molecule has 0 spiro atoms. The fourth-order valence-corrected chi connectivity index (χ4v) is 3.76. The predicted molar refractivity (Wildman–Crippen MR) is 94.7 cm³/mol. The molecule has 2 fully saturated rings. The normalized spacial score (nSPS) is 25.3. The van der Waals surface area contributed by atoms with Crippen molar-refractivity contribution in [3.8, 4) is 0 Å². The Balaban J connectivity index is 1.52. The molecule has 144 valence electrons. The van der Waals surface area contributed by atoms with E-state index >= 15 is 0 Å². The molecule has 1 aromatic rings. The first-order valence-corrected chi connectivity index (χ1v) is 9.20. The first-order chi connectivity index (χ1) is 12.5. The van der Waals surface area contributed by atoms with Crippen LogP contribution >= 0.6 is 0 Å². The average Bonchev–Trinajstić information content (AvgIpc) is 3.30. The summed E-state index contributed by atoms with van der Waals surface area (Å²) in [6.07, 6.45) is 3.96. The number of hydrogen-bond acceptors (Lipinski definition) is 5. The fraction of sp³-hybridized carbons (Fsp3) is 0.722. The van der Waals surface area contributed by atoms with Gasteiger partial charge in [-0.2, -0.15) is 5.10 Å². The van der Waals surface area contributed by atoms with Gasteiger partial charge in [-0.25, -0.2) is 0 Å². The van der Waals surface area contributed by atoms with E-state index < -0.39 is 5.60 Å². The highest BCUT2D eigenvalue weighted by molar-refractivity contribution is 5.93. The highest BCUT2D eigenvalue weighted by Crippen LogP contribution is 2.26. The second kappa shape index (κ2) is 7.75. The minimum atomic E-state index is -0.858. The molecule has 0 aromatic carbocycles. The highest BCUT2D eigenvalue weighted by atomic mass is 16.6. The van der Waals surface area contributed by atoms with E-state index in [2.05, 4.69) is 15.5 Å². The number of likely N-dealkylation sites (tertiary alicyclic amines) is 1. The molecule has 2 amide bonds. The average molecular weight is 364 g/mol. The van der Waals surface area contributed by atoms with E-state index in [0.29, 0.717) is 44.3 Å². The first-order valence-electron chi connectivity index (χ1n) is 9.20. The number of rotatable bonds is 5. The summed E-state index contributed by atoms with van der Waals surface area (Å²) in [7, 11) is 1.56. The molecule has 8 heteroatoms. The number of aryl methyl sites for hydroxylation is 1. The Morgan fingerprint density at radius 1 is 1.46 bits per heavy atom. The number of hydrogen-bond donors (Lipinski definition) is 2. The molecule has 2 aliphatic heterocycles. The van der Waals surface area contributed by atoms with Crippen LogP contribution in [0.15, 0.2) is 6.20 Å². The Morgan fingerprint density at radius 3 is 2.73 bits per heavy atom. The van der Waals surface area contributed by atoms with Gasteiger partial charge >= 0.3 is 0 Å². The zero-order valence-electron chi connectivity index (χ0n) is 15.7. The van der Waals surface area contributed by atoms with Gasteiger partial charge in [0.2, 0.25) is 0 Å². The van der Waals surface area contributed by atoms with E-state index in [1.165, 1.54) is 0 Å². The van der Waals surface area contributed by atoms with E-state index in [-0.39, 0.29) is 17.9 Å². The van der Waals surface area contributed by atoms with Crippen molar-refractivity contribution in [3.05, 3.63) is 17.5 Å². The van der Waals surface area contributed by atoms with Crippen LogP contribution < -0.4 is 5.32 Å². The maximum absolute atomic E-state index is 12.6. The molecule has 0 aliphatic carbocycles. The smallest absolute Gasteiger partial charge is 0.272 e. The van der Waals surface area contributed by atoms with Crippen LogP contribution in [-0.4, -0.2) is 72.0 Å². The molecule has 0 radical (unpaired) electrons. The summed E-state index contributed by atoms with van der Waals surface area (Å²) in [6, 6.07) is 0.0290. The van der Waals surface area contributed by atoms with Gasteiger partial charge in [-0.3, -0.25) is 14.7 Å². The van der Waals surface area contributed by atoms with Gasteiger partial charge in [0.05, 0.1) is 19.4 Å². The molecule has 2 aliphatic rings. The molecule has 26 heavy (non-hydrogen) atoms. The third-order valence-electron chi connectivity index (χ3n) is 5.73. The molecule has 3 heterocycles. The monoisotopic (exact) mass is 364 g/mol. The van der Waals surface area contributed by atoms with Crippen molar-refractivity contribution in [2.75, 3.05) is 33.4 Å². The van der Waals surface area contributed by atoms with Crippen LogP contribution in [0.1, 0.15) is 42.2 Å².